The van der Waals surface area contributed by atoms with Crippen LogP contribution >= 0.6 is 0 Å². The molecule has 2 heteroatoms. The summed E-state index contributed by atoms with van der Waals surface area (Å²) in [6, 6.07) is 0.766. The highest BCUT2D eigenvalue weighted by Gasteiger charge is 2.10. The highest BCUT2D eigenvalue weighted by molar-refractivity contribution is 4.70. The molecule has 1 rings (SSSR count). The van der Waals surface area contributed by atoms with Crippen LogP contribution in [0.4, 0.5) is 0 Å². The smallest absolute Gasteiger partial charge is 0.0590 e. The van der Waals surface area contributed by atoms with Gasteiger partial charge in [0, 0.05) is 19.2 Å². The van der Waals surface area contributed by atoms with E-state index < -0.39 is 0 Å². The van der Waals surface area contributed by atoms with Gasteiger partial charge in [0.25, 0.3) is 0 Å². The van der Waals surface area contributed by atoms with Crippen LogP contribution in [-0.4, -0.2) is 25.8 Å². The van der Waals surface area contributed by atoms with Gasteiger partial charge in [0.1, 0.15) is 0 Å². The third-order valence-electron chi connectivity index (χ3n) is 3.18. The fourth-order valence-corrected chi connectivity index (χ4v) is 2.17. The summed E-state index contributed by atoms with van der Waals surface area (Å²) in [6.07, 6.45) is 10.9. The van der Waals surface area contributed by atoms with E-state index >= 15 is 0 Å². The van der Waals surface area contributed by atoms with Crippen molar-refractivity contribution in [3.63, 3.8) is 0 Å². The second-order valence-corrected chi connectivity index (χ2v) is 4.61. The monoisotopic (exact) mass is 213 g/mol. The first-order valence-corrected chi connectivity index (χ1v) is 6.74. The van der Waals surface area contributed by atoms with E-state index in [0.29, 0.717) is 0 Å². The molecule has 0 heterocycles. The van der Waals surface area contributed by atoms with Gasteiger partial charge in [-0.3, -0.25) is 0 Å². The first-order valence-electron chi connectivity index (χ1n) is 6.74. The summed E-state index contributed by atoms with van der Waals surface area (Å²) in [5, 5.41) is 3.61. The quantitative estimate of drug-likeness (QED) is 0.518. The minimum Gasteiger partial charge on any atom is -0.380 e. The van der Waals surface area contributed by atoms with Gasteiger partial charge in [-0.1, -0.05) is 39.0 Å². The van der Waals surface area contributed by atoms with Gasteiger partial charge in [-0.05, 0) is 19.3 Å². The molecule has 1 aliphatic carbocycles. The Labute approximate surface area is 94.8 Å². The van der Waals surface area contributed by atoms with Gasteiger partial charge in [-0.25, -0.2) is 0 Å². The van der Waals surface area contributed by atoms with Crippen LogP contribution in [-0.2, 0) is 4.74 Å². The average Bonchev–Trinajstić information content (AvgIpc) is 2.52. The first kappa shape index (κ1) is 13.0. The Morgan fingerprint density at radius 3 is 2.47 bits per heavy atom. The van der Waals surface area contributed by atoms with Gasteiger partial charge in [-0.15, -0.1) is 0 Å². The summed E-state index contributed by atoms with van der Waals surface area (Å²) < 4.78 is 5.53. The zero-order valence-corrected chi connectivity index (χ0v) is 10.3. The first-order chi connectivity index (χ1) is 7.43. The molecule has 90 valence electrons. The third-order valence-corrected chi connectivity index (χ3v) is 3.18. The van der Waals surface area contributed by atoms with Gasteiger partial charge in [0.15, 0.2) is 0 Å². The number of ether oxygens (including phenoxy) is 1. The highest BCUT2D eigenvalue weighted by atomic mass is 16.5. The summed E-state index contributed by atoms with van der Waals surface area (Å²) in [5.41, 5.74) is 0. The molecule has 15 heavy (non-hydrogen) atoms. The summed E-state index contributed by atoms with van der Waals surface area (Å²) in [4.78, 5) is 0. The van der Waals surface area contributed by atoms with Crippen LogP contribution in [0.2, 0.25) is 0 Å². The van der Waals surface area contributed by atoms with Crippen LogP contribution in [0.25, 0.3) is 0 Å². The van der Waals surface area contributed by atoms with Gasteiger partial charge in [0.05, 0.1) is 6.61 Å². The Hall–Kier alpha value is -0.0800. The Kier molecular flexibility index (Phi) is 7.94. The SMILES string of the molecule is CCCCOCCNC1CCCCCC1. The predicted molar refractivity (Wildman–Crippen MR) is 65.2 cm³/mol. The minimum atomic E-state index is 0.766. The zero-order chi connectivity index (χ0) is 10.8. The molecule has 0 aromatic rings. The van der Waals surface area contributed by atoms with E-state index in [1.165, 1.54) is 51.4 Å². The summed E-state index contributed by atoms with van der Waals surface area (Å²) >= 11 is 0. The molecular weight excluding hydrogens is 186 g/mol. The van der Waals surface area contributed by atoms with E-state index in [4.69, 9.17) is 4.74 Å². The second kappa shape index (κ2) is 9.17. The van der Waals surface area contributed by atoms with Crippen molar-refractivity contribution in [1.82, 2.24) is 5.32 Å². The fraction of sp³-hybridized carbons (Fsp3) is 1.00. The van der Waals surface area contributed by atoms with Gasteiger partial charge < -0.3 is 10.1 Å². The van der Waals surface area contributed by atoms with Gasteiger partial charge >= 0.3 is 0 Å². The van der Waals surface area contributed by atoms with E-state index in [-0.39, 0.29) is 0 Å². The van der Waals surface area contributed by atoms with E-state index in [9.17, 15) is 0 Å². The molecule has 0 atom stereocenters. The summed E-state index contributed by atoms with van der Waals surface area (Å²) in [7, 11) is 0. The van der Waals surface area contributed by atoms with Crippen molar-refractivity contribution in [2.45, 2.75) is 64.3 Å². The molecule has 1 N–H and O–H groups in total. The number of hydrogen-bond donors (Lipinski definition) is 1. The lowest BCUT2D eigenvalue weighted by Gasteiger charge is -2.15. The van der Waals surface area contributed by atoms with E-state index in [1.54, 1.807) is 0 Å². The topological polar surface area (TPSA) is 21.3 Å². The fourth-order valence-electron chi connectivity index (χ4n) is 2.17. The van der Waals surface area contributed by atoms with Crippen LogP contribution in [0, 0.1) is 0 Å². The van der Waals surface area contributed by atoms with Crippen molar-refractivity contribution in [3.05, 3.63) is 0 Å². The molecule has 0 saturated heterocycles. The third kappa shape index (κ3) is 6.91. The lowest BCUT2D eigenvalue weighted by molar-refractivity contribution is 0.130. The van der Waals surface area contributed by atoms with Crippen molar-refractivity contribution in [3.8, 4) is 0 Å². The number of rotatable bonds is 7. The molecule has 0 radical (unpaired) electrons. The molecule has 0 aliphatic heterocycles. The standard InChI is InChI=1S/C13H27NO/c1-2-3-11-15-12-10-14-13-8-6-4-5-7-9-13/h13-14H,2-12H2,1H3. The summed E-state index contributed by atoms with van der Waals surface area (Å²) in [6.45, 7) is 5.06. The Bertz CT molecular complexity index is 130. The van der Waals surface area contributed by atoms with Crippen molar-refractivity contribution in [1.29, 1.82) is 0 Å². The maximum Gasteiger partial charge on any atom is 0.0590 e. The molecule has 0 aromatic heterocycles. The zero-order valence-electron chi connectivity index (χ0n) is 10.3. The molecule has 2 nitrogen and oxygen atoms in total. The van der Waals surface area contributed by atoms with E-state index in [0.717, 1.165) is 25.8 Å². The lowest BCUT2D eigenvalue weighted by atomic mass is 10.1. The number of nitrogens with one attached hydrogen (secondary N) is 1. The number of hydrogen-bond acceptors (Lipinski definition) is 2. The van der Waals surface area contributed by atoms with Crippen LogP contribution in [0.1, 0.15) is 58.3 Å². The molecular formula is C13H27NO. The van der Waals surface area contributed by atoms with Crippen molar-refractivity contribution in [2.24, 2.45) is 0 Å². The lowest BCUT2D eigenvalue weighted by Crippen LogP contribution is -2.31. The Morgan fingerprint density at radius 1 is 1.07 bits per heavy atom. The van der Waals surface area contributed by atoms with E-state index in [2.05, 4.69) is 12.2 Å². The molecule has 0 bridgehead atoms. The largest absolute Gasteiger partial charge is 0.380 e. The minimum absolute atomic E-state index is 0.766. The molecule has 0 aromatic carbocycles. The summed E-state index contributed by atoms with van der Waals surface area (Å²) in [5.74, 6) is 0. The molecule has 1 saturated carbocycles. The van der Waals surface area contributed by atoms with E-state index in [1.807, 2.05) is 0 Å². The van der Waals surface area contributed by atoms with Crippen molar-refractivity contribution >= 4 is 0 Å². The normalized spacial score (nSPS) is 19.0. The maximum atomic E-state index is 5.53. The highest BCUT2D eigenvalue weighted by Crippen LogP contribution is 2.16. The maximum absolute atomic E-state index is 5.53. The van der Waals surface area contributed by atoms with Crippen molar-refractivity contribution in [2.75, 3.05) is 19.8 Å². The number of unbranched alkanes of at least 4 members (excludes halogenated alkanes) is 1. The molecule has 0 spiro atoms. The van der Waals surface area contributed by atoms with Gasteiger partial charge in [0.2, 0.25) is 0 Å². The van der Waals surface area contributed by atoms with Crippen LogP contribution in [0.3, 0.4) is 0 Å². The van der Waals surface area contributed by atoms with Crippen LogP contribution < -0.4 is 5.32 Å². The van der Waals surface area contributed by atoms with Crippen LogP contribution in [0.15, 0.2) is 0 Å². The predicted octanol–water partition coefficient (Wildman–Crippen LogP) is 3.12. The van der Waals surface area contributed by atoms with Crippen LogP contribution in [0.5, 0.6) is 0 Å². The molecule has 1 aliphatic rings. The Balaban J connectivity index is 1.89. The average molecular weight is 213 g/mol. The molecule has 1 fully saturated rings. The molecule has 0 unspecified atom stereocenters. The second-order valence-electron chi connectivity index (χ2n) is 4.61. The van der Waals surface area contributed by atoms with Gasteiger partial charge in [-0.2, -0.15) is 0 Å². The van der Waals surface area contributed by atoms with Crippen molar-refractivity contribution < 1.29 is 4.74 Å². The molecule has 0 amide bonds. The Morgan fingerprint density at radius 2 is 1.80 bits per heavy atom.